The number of rotatable bonds is 5. The lowest BCUT2D eigenvalue weighted by atomic mass is 10.2. The highest BCUT2D eigenvalue weighted by Crippen LogP contribution is 2.32. The smallest absolute Gasteiger partial charge is 0.231 e. The Hall–Kier alpha value is -1.95. The fraction of sp³-hybridized carbons (Fsp3) is 0.158. The minimum absolute atomic E-state index is 0. The number of hydrogen-bond donors (Lipinski definition) is 1. The summed E-state index contributed by atoms with van der Waals surface area (Å²) in [5.41, 5.74) is 2.22. The number of benzene rings is 2. The second-order valence-corrected chi connectivity index (χ2v) is 6.48. The van der Waals surface area contributed by atoms with Gasteiger partial charge in [-0.25, -0.2) is 0 Å². The largest absolute Gasteiger partial charge is 1.00 e. The molecule has 0 spiro atoms. The first-order chi connectivity index (χ1) is 11.8. The van der Waals surface area contributed by atoms with Crippen molar-refractivity contribution in [1.29, 1.82) is 0 Å². The molecule has 2 aromatic carbocycles. The Morgan fingerprint density at radius 1 is 0.880 bits per heavy atom. The maximum Gasteiger partial charge on any atom is 0.231 e. The average molecular weight is 422 g/mol. The molecule has 1 aliphatic heterocycles. The van der Waals surface area contributed by atoms with Gasteiger partial charge in [-0.15, -0.1) is 0 Å². The van der Waals surface area contributed by atoms with Crippen molar-refractivity contribution in [2.24, 2.45) is 0 Å². The monoisotopic (exact) mass is 420 g/mol. The lowest BCUT2D eigenvalue weighted by Crippen LogP contribution is -3.00. The summed E-state index contributed by atoms with van der Waals surface area (Å²) in [7, 11) is 0. The van der Waals surface area contributed by atoms with Gasteiger partial charge in [0.25, 0.3) is 0 Å². The molecule has 0 amide bonds. The Balaban J connectivity index is 0.00000182. The molecule has 3 aromatic rings. The van der Waals surface area contributed by atoms with Crippen LogP contribution in [0.15, 0.2) is 63.5 Å². The third kappa shape index (κ3) is 4.18. The molecular weight excluding hydrogens is 406 g/mol. The van der Waals surface area contributed by atoms with Crippen molar-refractivity contribution in [3.05, 3.63) is 70.4 Å². The maximum atomic E-state index is 5.90. The predicted octanol–water partition coefficient (Wildman–Crippen LogP) is 1.73. The van der Waals surface area contributed by atoms with Crippen LogP contribution < -0.4 is 27.2 Å². The van der Waals surface area contributed by atoms with Crippen molar-refractivity contribution in [2.45, 2.75) is 13.1 Å². The Morgan fingerprint density at radius 3 is 2.52 bits per heavy atom. The van der Waals surface area contributed by atoms with E-state index in [1.165, 1.54) is 0 Å². The van der Waals surface area contributed by atoms with E-state index in [1.807, 2.05) is 54.6 Å². The van der Waals surface area contributed by atoms with Crippen LogP contribution in [0.2, 0.25) is 0 Å². The Morgan fingerprint density at radius 2 is 1.68 bits per heavy atom. The summed E-state index contributed by atoms with van der Waals surface area (Å²) in [6.45, 7) is 1.72. The zero-order valence-electron chi connectivity index (χ0n) is 13.3. The summed E-state index contributed by atoms with van der Waals surface area (Å²) < 4.78 is 17.7. The molecule has 1 aromatic heterocycles. The van der Waals surface area contributed by atoms with E-state index >= 15 is 0 Å². The van der Waals surface area contributed by atoms with Crippen molar-refractivity contribution in [2.75, 3.05) is 6.79 Å². The molecule has 4 rings (SSSR count). The Labute approximate surface area is 160 Å². The molecule has 0 saturated carbocycles. The minimum Gasteiger partial charge on any atom is -1.00 e. The van der Waals surface area contributed by atoms with Gasteiger partial charge in [-0.1, -0.05) is 34.1 Å². The first-order valence-electron chi connectivity index (χ1n) is 7.72. The van der Waals surface area contributed by atoms with Crippen molar-refractivity contribution in [3.8, 4) is 22.8 Å². The zero-order valence-corrected chi connectivity index (χ0v) is 15.6. The van der Waals surface area contributed by atoms with Gasteiger partial charge in [-0.2, -0.15) is 0 Å². The molecule has 0 atom stereocenters. The van der Waals surface area contributed by atoms with E-state index in [0.29, 0.717) is 13.3 Å². The van der Waals surface area contributed by atoms with Gasteiger partial charge < -0.3 is 31.6 Å². The highest BCUT2D eigenvalue weighted by Gasteiger charge is 2.13. The van der Waals surface area contributed by atoms with Gasteiger partial charge in [0.15, 0.2) is 11.5 Å². The van der Waals surface area contributed by atoms with E-state index in [9.17, 15) is 0 Å². The molecular formula is C19H16BrClNO3-. The van der Waals surface area contributed by atoms with Crippen molar-refractivity contribution in [3.63, 3.8) is 0 Å². The summed E-state index contributed by atoms with van der Waals surface area (Å²) in [5.74, 6) is 3.41. The first kappa shape index (κ1) is 17.9. The molecule has 2 heterocycles. The summed E-state index contributed by atoms with van der Waals surface area (Å²) in [4.78, 5) is 0. The topological polar surface area (TPSA) is 43.6 Å². The van der Waals surface area contributed by atoms with Gasteiger partial charge in [0.2, 0.25) is 6.79 Å². The van der Waals surface area contributed by atoms with Gasteiger partial charge in [0.1, 0.15) is 11.5 Å². The van der Waals surface area contributed by atoms with Crippen LogP contribution in [0.1, 0.15) is 11.3 Å². The standard InChI is InChI=1S/C19H16BrNO3.ClH/c20-15-4-2-14(3-5-15)17-8-6-16(24-17)11-21-10-13-1-7-18-19(9-13)23-12-22-18;/h1-9,21H,10-12H2;1H/p-1. The van der Waals surface area contributed by atoms with Crippen molar-refractivity contribution >= 4 is 15.9 Å². The Kier molecular flexibility index (Phi) is 5.68. The minimum atomic E-state index is 0. The summed E-state index contributed by atoms with van der Waals surface area (Å²) in [5, 5.41) is 3.39. The number of furan rings is 1. The number of fused-ring (bicyclic) bond motifs is 1. The molecule has 0 fully saturated rings. The molecule has 1 N–H and O–H groups in total. The second-order valence-electron chi connectivity index (χ2n) is 5.56. The normalized spacial score (nSPS) is 12.0. The van der Waals surface area contributed by atoms with E-state index in [2.05, 4.69) is 21.2 Å². The molecule has 1 aliphatic rings. The van der Waals surface area contributed by atoms with Gasteiger partial charge in [-0.05, 0) is 42.0 Å². The van der Waals surface area contributed by atoms with Crippen LogP contribution in [-0.2, 0) is 13.1 Å². The third-order valence-electron chi connectivity index (χ3n) is 3.86. The van der Waals surface area contributed by atoms with Gasteiger partial charge in [0, 0.05) is 16.6 Å². The molecule has 0 bridgehead atoms. The average Bonchev–Trinajstić information content (AvgIpc) is 3.24. The zero-order chi connectivity index (χ0) is 16.4. The maximum absolute atomic E-state index is 5.90. The van der Waals surface area contributed by atoms with Gasteiger partial charge in [-0.3, -0.25) is 0 Å². The lowest BCUT2D eigenvalue weighted by Gasteiger charge is -2.04. The molecule has 6 heteroatoms. The Bertz CT molecular complexity index is 848. The quantitative estimate of drug-likeness (QED) is 0.681. The fourth-order valence-electron chi connectivity index (χ4n) is 2.62. The van der Waals surface area contributed by atoms with E-state index < -0.39 is 0 Å². The first-order valence-corrected chi connectivity index (χ1v) is 8.51. The van der Waals surface area contributed by atoms with Crippen LogP contribution >= 0.6 is 15.9 Å². The van der Waals surface area contributed by atoms with Crippen molar-refractivity contribution in [1.82, 2.24) is 5.32 Å². The fourth-order valence-corrected chi connectivity index (χ4v) is 2.89. The predicted molar refractivity (Wildman–Crippen MR) is 95.0 cm³/mol. The number of ether oxygens (including phenoxy) is 2. The highest BCUT2D eigenvalue weighted by atomic mass is 79.9. The summed E-state index contributed by atoms with van der Waals surface area (Å²) in [6, 6.07) is 18.1. The number of nitrogens with one attached hydrogen (secondary N) is 1. The molecule has 0 unspecified atom stereocenters. The van der Waals surface area contributed by atoms with Crippen LogP contribution in [-0.4, -0.2) is 6.79 Å². The van der Waals surface area contributed by atoms with E-state index in [4.69, 9.17) is 13.9 Å². The molecule has 4 nitrogen and oxygen atoms in total. The van der Waals surface area contributed by atoms with E-state index in [-0.39, 0.29) is 12.4 Å². The van der Waals surface area contributed by atoms with Crippen LogP contribution in [0.4, 0.5) is 0 Å². The highest BCUT2D eigenvalue weighted by molar-refractivity contribution is 9.10. The third-order valence-corrected chi connectivity index (χ3v) is 4.38. The van der Waals surface area contributed by atoms with Crippen LogP contribution in [0, 0.1) is 0 Å². The molecule has 0 radical (unpaired) electrons. The van der Waals surface area contributed by atoms with Crippen molar-refractivity contribution < 1.29 is 26.3 Å². The van der Waals surface area contributed by atoms with Crippen LogP contribution in [0.25, 0.3) is 11.3 Å². The SMILES string of the molecule is Brc1ccc(-c2ccc(CNCc3ccc4c(c3)OCO4)o2)cc1.[Cl-]. The molecule has 25 heavy (non-hydrogen) atoms. The van der Waals surface area contributed by atoms with Gasteiger partial charge >= 0.3 is 0 Å². The molecule has 0 saturated heterocycles. The van der Waals surface area contributed by atoms with Crippen LogP contribution in [0.5, 0.6) is 11.5 Å². The molecule has 130 valence electrons. The van der Waals surface area contributed by atoms with E-state index in [1.54, 1.807) is 0 Å². The second kappa shape index (κ2) is 7.95. The number of halogens is 2. The van der Waals surface area contributed by atoms with E-state index in [0.717, 1.165) is 45.2 Å². The molecule has 0 aliphatic carbocycles. The van der Waals surface area contributed by atoms with Gasteiger partial charge in [0.05, 0.1) is 6.54 Å². The lowest BCUT2D eigenvalue weighted by molar-refractivity contribution is -0.00000678. The number of hydrogen-bond acceptors (Lipinski definition) is 4. The van der Waals surface area contributed by atoms with Crippen LogP contribution in [0.3, 0.4) is 0 Å². The summed E-state index contributed by atoms with van der Waals surface area (Å²) in [6.07, 6.45) is 0. The summed E-state index contributed by atoms with van der Waals surface area (Å²) >= 11 is 3.44.